The van der Waals surface area contributed by atoms with E-state index in [1.807, 2.05) is 0 Å². The van der Waals surface area contributed by atoms with E-state index in [9.17, 15) is 0 Å². The van der Waals surface area contributed by atoms with Gasteiger partial charge >= 0.3 is 0 Å². The molecule has 1 aliphatic rings. The Kier molecular flexibility index (Phi) is 12.1. The minimum Gasteiger partial charge on any atom is -0.310 e. The van der Waals surface area contributed by atoms with Gasteiger partial charge in [0, 0.05) is 38.5 Å². The maximum Gasteiger partial charge on any atom is 0.0579 e. The van der Waals surface area contributed by atoms with Gasteiger partial charge in [-0.25, -0.2) is 0 Å². The van der Waals surface area contributed by atoms with E-state index in [0.29, 0.717) is 23.7 Å². The molecule has 9 rings (SSSR count). The monoisotopic (exact) mass is 913 g/mol. The number of hydrogen-bond donors (Lipinski definition) is 0. The van der Waals surface area contributed by atoms with Crippen LogP contribution < -0.4 is 9.80 Å². The first-order chi connectivity index (χ1) is 31.8. The third kappa shape index (κ3) is 7.98. The highest BCUT2D eigenvalue weighted by atomic mass is 28.4. The molecule has 1 aliphatic carbocycles. The Bertz CT molecular complexity index is 2960. The number of benzene rings is 8. The molecule has 0 aliphatic heterocycles. The minimum atomic E-state index is -2.08. The molecule has 0 saturated carbocycles. The maximum atomic E-state index is 2.67. The molecule has 2 nitrogen and oxygen atoms in total. The van der Waals surface area contributed by atoms with Gasteiger partial charge in [0.15, 0.2) is 0 Å². The van der Waals surface area contributed by atoms with Crippen LogP contribution in [0.15, 0.2) is 158 Å². The number of nitrogens with zero attached hydrogens (tertiary/aromatic N) is 2. The summed E-state index contributed by atoms with van der Waals surface area (Å²) in [6.45, 7) is 34.1. The summed E-state index contributed by atoms with van der Waals surface area (Å²) in [6, 6.07) is 61.5. The van der Waals surface area contributed by atoms with Crippen LogP contribution in [0.4, 0.5) is 34.1 Å². The summed E-state index contributed by atoms with van der Waals surface area (Å²) in [4.78, 5) is 5.01. The summed E-state index contributed by atoms with van der Waals surface area (Å²) >= 11 is 0. The number of hydrogen-bond acceptors (Lipinski definition) is 2. The highest BCUT2D eigenvalue weighted by Gasteiger charge is 2.59. The Morgan fingerprint density at radius 3 is 1.15 bits per heavy atom. The highest BCUT2D eigenvalue weighted by molar-refractivity contribution is 6.99. The van der Waals surface area contributed by atoms with E-state index in [4.69, 9.17) is 0 Å². The average molecular weight is 913 g/mol. The van der Waals surface area contributed by atoms with E-state index in [1.54, 1.807) is 0 Å². The van der Waals surface area contributed by atoms with Gasteiger partial charge in [0.2, 0.25) is 0 Å². The van der Waals surface area contributed by atoms with Gasteiger partial charge < -0.3 is 9.80 Å². The smallest absolute Gasteiger partial charge is 0.0579 e. The van der Waals surface area contributed by atoms with Crippen molar-refractivity contribution < 1.29 is 0 Å². The van der Waals surface area contributed by atoms with Crippen LogP contribution in [0.25, 0.3) is 32.7 Å². The van der Waals surface area contributed by atoms with Crippen LogP contribution in [0.5, 0.6) is 0 Å². The van der Waals surface area contributed by atoms with Crippen LogP contribution in [0, 0.1) is 0 Å². The van der Waals surface area contributed by atoms with Gasteiger partial charge in [-0.15, -0.1) is 0 Å². The fourth-order valence-corrected chi connectivity index (χ4v) is 24.9. The lowest BCUT2D eigenvalue weighted by molar-refractivity contribution is 0.866. The zero-order valence-electron chi connectivity index (χ0n) is 42.7. The molecular weight excluding hydrogens is 841 g/mol. The second-order valence-corrected chi connectivity index (χ2v) is 33.7. The Morgan fingerprint density at radius 2 is 0.746 bits per heavy atom. The molecule has 0 bridgehead atoms. The molecule has 0 radical (unpaired) electrons. The van der Waals surface area contributed by atoms with Crippen molar-refractivity contribution in [1.29, 1.82) is 0 Å². The normalized spacial score (nSPS) is 13.6. The lowest BCUT2D eigenvalue weighted by atomic mass is 9.94. The Hall–Kier alpha value is -5.69. The summed E-state index contributed by atoms with van der Waals surface area (Å²) in [5, 5.41) is 5.21. The number of rotatable bonds is 12. The highest BCUT2D eigenvalue weighted by Crippen LogP contribution is 2.62. The SMILES string of the molecule is CC(C)c1ccc(N(c2ccc(C(C)C)cc2)c2ccc3cc4c(cc3c2)C([Si](C)(C)C)([Si](C)(C)C)c2cc(N(c3ccc(C(C)C)cc3)c3ccc(C(C)C)cc3)c3ccccc3c2-4)cc1. The first kappa shape index (κ1) is 46.4. The molecule has 0 spiro atoms. The lowest BCUT2D eigenvalue weighted by Crippen LogP contribution is -2.63. The van der Waals surface area contributed by atoms with Crippen molar-refractivity contribution >= 4 is 71.8 Å². The largest absolute Gasteiger partial charge is 0.310 e. The van der Waals surface area contributed by atoms with Crippen molar-refractivity contribution in [3.8, 4) is 11.1 Å². The molecule has 67 heavy (non-hydrogen) atoms. The molecular formula is C63H72N2Si2. The van der Waals surface area contributed by atoms with E-state index in [-0.39, 0.29) is 4.66 Å². The summed E-state index contributed by atoms with van der Waals surface area (Å²) in [5.41, 5.74) is 18.5. The molecule has 0 fully saturated rings. The third-order valence-electron chi connectivity index (χ3n) is 15.1. The van der Waals surface area contributed by atoms with Gasteiger partial charge in [-0.05, 0) is 157 Å². The van der Waals surface area contributed by atoms with Crippen LogP contribution in [-0.4, -0.2) is 16.1 Å². The molecule has 4 heteroatoms. The van der Waals surface area contributed by atoms with Crippen LogP contribution in [-0.2, 0) is 4.66 Å². The first-order valence-corrected chi connectivity index (χ1v) is 31.9. The third-order valence-corrected chi connectivity index (χ3v) is 25.2. The van der Waals surface area contributed by atoms with Gasteiger partial charge in [-0.3, -0.25) is 0 Å². The van der Waals surface area contributed by atoms with Gasteiger partial charge in [0.25, 0.3) is 0 Å². The Balaban J connectivity index is 1.30. The minimum absolute atomic E-state index is 0.0820. The van der Waals surface area contributed by atoms with Crippen LogP contribution >= 0.6 is 0 Å². The molecule has 0 aromatic heterocycles. The molecule has 0 amide bonds. The van der Waals surface area contributed by atoms with E-state index in [1.165, 1.54) is 100 Å². The number of anilines is 6. The van der Waals surface area contributed by atoms with Crippen molar-refractivity contribution in [3.63, 3.8) is 0 Å². The van der Waals surface area contributed by atoms with Crippen LogP contribution in [0.2, 0.25) is 39.3 Å². The predicted molar refractivity (Wildman–Crippen MR) is 300 cm³/mol. The summed E-state index contributed by atoms with van der Waals surface area (Å²) in [6.07, 6.45) is 0. The molecule has 0 saturated heterocycles. The summed E-state index contributed by atoms with van der Waals surface area (Å²) in [5.74, 6) is 1.87. The van der Waals surface area contributed by atoms with Crippen molar-refractivity contribution in [2.24, 2.45) is 0 Å². The molecule has 0 heterocycles. The molecule has 0 atom stereocenters. The van der Waals surface area contributed by atoms with Gasteiger partial charge in [-0.1, -0.05) is 180 Å². The standard InChI is InChI=1S/C63H72N2Si2/c1-41(2)45-19-28-51(29-20-45)64(52-30-21-46(22-31-52)42(3)4)55-36-27-49-38-58-59(39-50(49)37-55)63(66(9,10)11,67(12,13)14)60-40-61(56-17-15-16-18-57(56)62(58)60)65(53-32-23-47(24-33-53)43(5)6)54-34-25-48(26-35-54)44(7)8/h15-44H,1-14H3. The fraction of sp³-hybridized carbons (Fsp3) is 0.302. The Labute approximate surface area is 404 Å². The molecule has 8 aromatic carbocycles. The van der Waals surface area contributed by atoms with Gasteiger partial charge in [0.1, 0.15) is 0 Å². The lowest BCUT2D eigenvalue weighted by Gasteiger charge is -2.51. The molecule has 342 valence electrons. The van der Waals surface area contributed by atoms with E-state index < -0.39 is 16.1 Å². The quantitative estimate of drug-likeness (QED) is 0.113. The second-order valence-electron chi connectivity index (χ2n) is 22.7. The van der Waals surface area contributed by atoms with E-state index in [0.717, 1.165) is 0 Å². The average Bonchev–Trinajstić information content (AvgIpc) is 3.60. The van der Waals surface area contributed by atoms with Crippen LogP contribution in [0.3, 0.4) is 0 Å². The van der Waals surface area contributed by atoms with Crippen molar-refractivity contribution in [3.05, 3.63) is 191 Å². The van der Waals surface area contributed by atoms with Crippen molar-refractivity contribution in [1.82, 2.24) is 0 Å². The van der Waals surface area contributed by atoms with Gasteiger partial charge in [-0.2, -0.15) is 0 Å². The van der Waals surface area contributed by atoms with E-state index >= 15 is 0 Å². The van der Waals surface area contributed by atoms with Gasteiger partial charge in [0.05, 0.1) is 21.8 Å². The van der Waals surface area contributed by atoms with Crippen molar-refractivity contribution in [2.45, 2.75) is 123 Å². The predicted octanol–water partition coefficient (Wildman–Crippen LogP) is 19.4. The summed E-state index contributed by atoms with van der Waals surface area (Å²) in [7, 11) is -4.16. The van der Waals surface area contributed by atoms with Crippen LogP contribution in [0.1, 0.15) is 112 Å². The van der Waals surface area contributed by atoms with E-state index in [2.05, 4.69) is 262 Å². The Morgan fingerprint density at radius 1 is 0.358 bits per heavy atom. The zero-order valence-corrected chi connectivity index (χ0v) is 44.7. The topological polar surface area (TPSA) is 6.48 Å². The first-order valence-electron chi connectivity index (χ1n) is 24.9. The molecule has 0 N–H and O–H groups in total. The summed E-state index contributed by atoms with van der Waals surface area (Å²) < 4.78 is -0.0820. The zero-order chi connectivity index (χ0) is 47.7. The fourth-order valence-electron chi connectivity index (χ4n) is 11.9. The maximum absolute atomic E-state index is 2.67. The molecule has 0 unspecified atom stereocenters. The number of fused-ring (bicyclic) bond motifs is 6. The molecule has 8 aromatic rings. The van der Waals surface area contributed by atoms with Crippen molar-refractivity contribution in [2.75, 3.05) is 9.80 Å². The second kappa shape index (κ2) is 17.4.